The molecule has 0 saturated heterocycles. The Morgan fingerprint density at radius 3 is 2.44 bits per heavy atom. The molecule has 0 bridgehead atoms. The van der Waals surface area contributed by atoms with Crippen LogP contribution in [0.25, 0.3) is 0 Å². The quantitative estimate of drug-likeness (QED) is 0.674. The van der Waals surface area contributed by atoms with Crippen LogP contribution in [0.3, 0.4) is 0 Å². The number of hydrogen-bond acceptors (Lipinski definition) is 1. The third kappa shape index (κ3) is 2.85. The second-order valence-electron chi connectivity index (χ2n) is 2.78. The largest absolute Gasteiger partial charge is 0.316 e. The summed E-state index contributed by atoms with van der Waals surface area (Å²) in [5.41, 5.74) is 0. The molecule has 0 unspecified atom stereocenters. The fourth-order valence-corrected chi connectivity index (χ4v) is 1.95. The highest BCUT2D eigenvalue weighted by atomic mass is 127. The predicted molar refractivity (Wildman–Crippen MR) is 46.5 cm³/mol. The van der Waals surface area contributed by atoms with Crippen LogP contribution < -0.4 is 0 Å². The molecule has 0 aromatic heterocycles. The minimum Gasteiger partial charge on any atom is -0.316 e. The van der Waals surface area contributed by atoms with E-state index in [0.717, 1.165) is 12.5 Å². The van der Waals surface area contributed by atoms with Crippen LogP contribution in [-0.2, 0) is 3.07 Å². The molecular formula is C7H13IO. The number of hydrogen-bond donors (Lipinski definition) is 0. The summed E-state index contributed by atoms with van der Waals surface area (Å²) >= 11 is 1.99. The van der Waals surface area contributed by atoms with Gasteiger partial charge < -0.3 is 3.07 Å². The van der Waals surface area contributed by atoms with Crippen molar-refractivity contribution in [3.8, 4) is 0 Å². The third-order valence-electron chi connectivity index (χ3n) is 2.02. The van der Waals surface area contributed by atoms with E-state index in [1.807, 2.05) is 23.0 Å². The maximum absolute atomic E-state index is 5.05. The second kappa shape index (κ2) is 4.50. The van der Waals surface area contributed by atoms with Gasteiger partial charge in [-0.25, -0.2) is 0 Å². The molecular weight excluding hydrogens is 227 g/mol. The average Bonchev–Trinajstić information content (AvgIpc) is 1.91. The summed E-state index contributed by atoms with van der Waals surface area (Å²) in [6.07, 6.45) is 7.07. The van der Waals surface area contributed by atoms with Crippen LogP contribution in [0.5, 0.6) is 0 Å². The summed E-state index contributed by atoms with van der Waals surface area (Å²) in [6, 6.07) is 0. The van der Waals surface area contributed by atoms with Crippen LogP contribution in [0.1, 0.15) is 32.1 Å². The summed E-state index contributed by atoms with van der Waals surface area (Å²) < 4.78 is 5.05. The molecule has 1 saturated carbocycles. The average molecular weight is 240 g/mol. The van der Waals surface area contributed by atoms with Crippen LogP contribution in [0, 0.1) is 5.92 Å². The molecule has 2 heteroatoms. The van der Waals surface area contributed by atoms with Gasteiger partial charge in [0.05, 0.1) is 6.61 Å². The molecule has 54 valence electrons. The van der Waals surface area contributed by atoms with Gasteiger partial charge in [0.25, 0.3) is 0 Å². The fraction of sp³-hybridized carbons (Fsp3) is 1.00. The van der Waals surface area contributed by atoms with Crippen molar-refractivity contribution in [1.29, 1.82) is 0 Å². The highest BCUT2D eigenvalue weighted by molar-refractivity contribution is 14.1. The molecule has 1 aliphatic carbocycles. The molecule has 0 atom stereocenters. The van der Waals surface area contributed by atoms with Crippen molar-refractivity contribution in [3.05, 3.63) is 0 Å². The molecule has 0 N–H and O–H groups in total. The van der Waals surface area contributed by atoms with Crippen LogP contribution in [0.2, 0.25) is 0 Å². The third-order valence-corrected chi connectivity index (χ3v) is 2.38. The molecule has 0 aliphatic heterocycles. The fourth-order valence-electron chi connectivity index (χ4n) is 1.44. The van der Waals surface area contributed by atoms with E-state index in [-0.39, 0.29) is 0 Å². The molecule has 0 radical (unpaired) electrons. The van der Waals surface area contributed by atoms with Crippen molar-refractivity contribution in [2.45, 2.75) is 32.1 Å². The zero-order valence-corrected chi connectivity index (χ0v) is 7.76. The molecule has 0 heterocycles. The first-order chi connectivity index (χ1) is 4.43. The molecule has 1 nitrogen and oxygen atoms in total. The van der Waals surface area contributed by atoms with Gasteiger partial charge in [-0.1, -0.05) is 19.3 Å². The molecule has 1 fully saturated rings. The maximum atomic E-state index is 5.05. The Hall–Kier alpha value is 0.690. The van der Waals surface area contributed by atoms with E-state index in [1.165, 1.54) is 32.1 Å². The van der Waals surface area contributed by atoms with E-state index in [4.69, 9.17) is 3.07 Å². The summed E-state index contributed by atoms with van der Waals surface area (Å²) in [5.74, 6) is 0.871. The van der Waals surface area contributed by atoms with E-state index >= 15 is 0 Å². The van der Waals surface area contributed by atoms with Gasteiger partial charge in [0, 0.05) is 0 Å². The van der Waals surface area contributed by atoms with Crippen LogP contribution >= 0.6 is 23.0 Å². The molecule has 1 rings (SSSR count). The minimum absolute atomic E-state index is 0.871. The Bertz CT molecular complexity index is 66.6. The first-order valence-corrected chi connectivity index (χ1v) is 4.55. The Morgan fingerprint density at radius 2 is 1.89 bits per heavy atom. The highest BCUT2D eigenvalue weighted by Crippen LogP contribution is 2.23. The molecule has 1 aliphatic rings. The Balaban J connectivity index is 2.08. The van der Waals surface area contributed by atoms with E-state index in [0.29, 0.717) is 0 Å². The lowest BCUT2D eigenvalue weighted by molar-refractivity contribution is 0.257. The van der Waals surface area contributed by atoms with Crippen LogP contribution in [-0.4, -0.2) is 6.61 Å². The predicted octanol–water partition coefficient (Wildman–Crippen LogP) is 2.93. The van der Waals surface area contributed by atoms with Gasteiger partial charge in [-0.3, -0.25) is 0 Å². The van der Waals surface area contributed by atoms with Crippen molar-refractivity contribution in [2.24, 2.45) is 5.92 Å². The summed E-state index contributed by atoms with van der Waals surface area (Å²) in [6.45, 7) is 0.973. The summed E-state index contributed by atoms with van der Waals surface area (Å²) in [5, 5.41) is 0. The Labute approximate surface area is 70.9 Å². The van der Waals surface area contributed by atoms with Crippen molar-refractivity contribution < 1.29 is 3.07 Å². The first-order valence-electron chi connectivity index (χ1n) is 3.67. The number of halogens is 1. The van der Waals surface area contributed by atoms with Gasteiger partial charge in [0.15, 0.2) is 0 Å². The van der Waals surface area contributed by atoms with Crippen LogP contribution in [0.15, 0.2) is 0 Å². The monoisotopic (exact) mass is 240 g/mol. The lowest BCUT2D eigenvalue weighted by Gasteiger charge is -2.19. The lowest BCUT2D eigenvalue weighted by atomic mass is 9.90. The highest BCUT2D eigenvalue weighted by Gasteiger charge is 2.12. The number of rotatable bonds is 2. The van der Waals surface area contributed by atoms with Gasteiger partial charge in [0.2, 0.25) is 0 Å². The van der Waals surface area contributed by atoms with Crippen molar-refractivity contribution in [1.82, 2.24) is 0 Å². The van der Waals surface area contributed by atoms with Gasteiger partial charge in [0.1, 0.15) is 23.0 Å². The summed E-state index contributed by atoms with van der Waals surface area (Å²) in [7, 11) is 0. The molecule has 0 amide bonds. The first kappa shape index (κ1) is 7.79. The second-order valence-corrected chi connectivity index (χ2v) is 3.40. The van der Waals surface area contributed by atoms with Crippen molar-refractivity contribution >= 4 is 23.0 Å². The van der Waals surface area contributed by atoms with E-state index in [2.05, 4.69) is 0 Å². The Morgan fingerprint density at radius 1 is 1.22 bits per heavy atom. The SMILES string of the molecule is IOCC1CCCCC1. The van der Waals surface area contributed by atoms with Gasteiger partial charge in [-0.2, -0.15) is 0 Å². The Kier molecular flexibility index (Phi) is 3.89. The smallest absolute Gasteiger partial charge is 0.109 e. The zero-order chi connectivity index (χ0) is 6.53. The van der Waals surface area contributed by atoms with Gasteiger partial charge >= 0.3 is 0 Å². The van der Waals surface area contributed by atoms with E-state index < -0.39 is 0 Å². The molecule has 0 spiro atoms. The normalized spacial score (nSPS) is 22.3. The van der Waals surface area contributed by atoms with Crippen molar-refractivity contribution in [2.75, 3.05) is 6.61 Å². The zero-order valence-electron chi connectivity index (χ0n) is 5.61. The van der Waals surface area contributed by atoms with Crippen molar-refractivity contribution in [3.63, 3.8) is 0 Å². The minimum atomic E-state index is 0.871. The van der Waals surface area contributed by atoms with E-state index in [9.17, 15) is 0 Å². The van der Waals surface area contributed by atoms with Gasteiger partial charge in [-0.15, -0.1) is 0 Å². The topological polar surface area (TPSA) is 9.23 Å². The maximum Gasteiger partial charge on any atom is 0.109 e. The molecule has 0 aromatic rings. The summed E-state index contributed by atoms with van der Waals surface area (Å²) in [4.78, 5) is 0. The molecule has 0 aromatic carbocycles. The van der Waals surface area contributed by atoms with E-state index in [1.54, 1.807) is 0 Å². The lowest BCUT2D eigenvalue weighted by Crippen LogP contribution is -2.10. The molecule has 9 heavy (non-hydrogen) atoms. The standard InChI is InChI=1S/C7H13IO/c8-9-6-7-4-2-1-3-5-7/h7H,1-6H2. The van der Waals surface area contributed by atoms with Gasteiger partial charge in [-0.05, 0) is 18.8 Å². The van der Waals surface area contributed by atoms with Crippen LogP contribution in [0.4, 0.5) is 0 Å².